The van der Waals surface area contributed by atoms with Gasteiger partial charge in [0.15, 0.2) is 11.5 Å². The fourth-order valence-corrected chi connectivity index (χ4v) is 2.78. The second-order valence-electron chi connectivity index (χ2n) is 5.34. The van der Waals surface area contributed by atoms with E-state index in [1.54, 1.807) is 30.3 Å². The molecule has 0 unspecified atom stereocenters. The predicted octanol–water partition coefficient (Wildman–Crippen LogP) is 3.20. The summed E-state index contributed by atoms with van der Waals surface area (Å²) in [7, 11) is 4.43. The summed E-state index contributed by atoms with van der Waals surface area (Å²) in [5.41, 5.74) is 1.36. The van der Waals surface area contributed by atoms with Crippen molar-refractivity contribution in [3.63, 3.8) is 0 Å². The van der Waals surface area contributed by atoms with Crippen molar-refractivity contribution >= 4 is 23.2 Å². The molecule has 0 fully saturated rings. The summed E-state index contributed by atoms with van der Waals surface area (Å²) in [4.78, 5) is 16.8. The van der Waals surface area contributed by atoms with Gasteiger partial charge in [0.2, 0.25) is 5.75 Å². The van der Waals surface area contributed by atoms with Crippen LogP contribution < -0.4 is 19.5 Å². The molecule has 8 nitrogen and oxygen atoms in total. The Morgan fingerprint density at radius 2 is 1.85 bits per heavy atom. The van der Waals surface area contributed by atoms with Crippen molar-refractivity contribution in [3.05, 3.63) is 53.6 Å². The average Bonchev–Trinajstić information content (AvgIpc) is 3.21. The number of rotatable bonds is 6. The molecule has 0 spiro atoms. The highest BCUT2D eigenvalue weighted by atomic mass is 35.5. The van der Waals surface area contributed by atoms with Gasteiger partial charge < -0.3 is 19.5 Å². The Labute approximate surface area is 160 Å². The third kappa shape index (κ3) is 3.65. The van der Waals surface area contributed by atoms with E-state index in [1.165, 1.54) is 38.7 Å². The highest BCUT2D eigenvalue weighted by Crippen LogP contribution is 2.40. The minimum Gasteiger partial charge on any atom is -0.493 e. The van der Waals surface area contributed by atoms with Crippen LogP contribution in [0, 0.1) is 0 Å². The number of aromatic nitrogens is 3. The van der Waals surface area contributed by atoms with E-state index < -0.39 is 5.91 Å². The van der Waals surface area contributed by atoms with Crippen molar-refractivity contribution < 1.29 is 19.0 Å². The van der Waals surface area contributed by atoms with Gasteiger partial charge in [-0.05, 0) is 30.3 Å². The van der Waals surface area contributed by atoms with E-state index in [1.807, 2.05) is 0 Å². The Morgan fingerprint density at radius 3 is 2.48 bits per heavy atom. The zero-order chi connectivity index (χ0) is 19.4. The van der Waals surface area contributed by atoms with Crippen molar-refractivity contribution in [2.75, 3.05) is 26.6 Å². The number of benzene rings is 2. The van der Waals surface area contributed by atoms with Crippen LogP contribution in [0.15, 0.2) is 43.0 Å². The fraction of sp³-hybridized carbons (Fsp3) is 0.167. The van der Waals surface area contributed by atoms with Crippen molar-refractivity contribution in [1.29, 1.82) is 0 Å². The van der Waals surface area contributed by atoms with Crippen LogP contribution in [-0.4, -0.2) is 42.0 Å². The second kappa shape index (κ2) is 7.96. The van der Waals surface area contributed by atoms with E-state index in [4.69, 9.17) is 25.8 Å². The SMILES string of the molecule is COc1ccc(C(=O)Nc2cc(Cl)ccc2-n2cncn2)c(OC)c1OC. The Bertz CT molecular complexity index is 960. The summed E-state index contributed by atoms with van der Waals surface area (Å²) in [6.45, 7) is 0. The smallest absolute Gasteiger partial charge is 0.259 e. The lowest BCUT2D eigenvalue weighted by Crippen LogP contribution is -2.15. The quantitative estimate of drug-likeness (QED) is 0.697. The van der Waals surface area contributed by atoms with E-state index in [0.29, 0.717) is 27.9 Å². The van der Waals surface area contributed by atoms with Gasteiger partial charge in [-0.3, -0.25) is 4.79 Å². The number of halogens is 1. The molecule has 1 heterocycles. The highest BCUT2D eigenvalue weighted by Gasteiger charge is 2.21. The molecular weight excluding hydrogens is 372 g/mol. The highest BCUT2D eigenvalue weighted by molar-refractivity contribution is 6.31. The minimum atomic E-state index is -0.406. The number of carbonyl (C=O) groups excluding carboxylic acids is 1. The van der Waals surface area contributed by atoms with Gasteiger partial charge in [0.25, 0.3) is 5.91 Å². The monoisotopic (exact) mass is 388 g/mol. The molecule has 1 aromatic heterocycles. The first kappa shape index (κ1) is 18.5. The standard InChI is InChI=1S/C18H17ClN4O4/c1-25-15-7-5-12(16(26-2)17(15)27-3)18(24)22-13-8-11(19)4-6-14(13)23-10-20-9-21-23/h4-10H,1-3H3,(H,22,24). The molecule has 3 rings (SSSR count). The average molecular weight is 389 g/mol. The van der Waals surface area contributed by atoms with Gasteiger partial charge >= 0.3 is 0 Å². The van der Waals surface area contributed by atoms with E-state index in [0.717, 1.165) is 0 Å². The van der Waals surface area contributed by atoms with Crippen LogP contribution in [0.4, 0.5) is 5.69 Å². The number of carbonyl (C=O) groups is 1. The molecule has 1 amide bonds. The van der Waals surface area contributed by atoms with Crippen LogP contribution in [0.2, 0.25) is 5.02 Å². The largest absolute Gasteiger partial charge is 0.493 e. The molecule has 0 radical (unpaired) electrons. The van der Waals surface area contributed by atoms with E-state index in [2.05, 4.69) is 15.4 Å². The van der Waals surface area contributed by atoms with Gasteiger partial charge in [-0.15, -0.1) is 0 Å². The van der Waals surface area contributed by atoms with Crippen LogP contribution in [-0.2, 0) is 0 Å². The third-order valence-corrected chi connectivity index (χ3v) is 4.06. The van der Waals surface area contributed by atoms with Crippen LogP contribution in [0.3, 0.4) is 0 Å². The number of nitrogens with zero attached hydrogens (tertiary/aromatic N) is 3. The number of nitrogens with one attached hydrogen (secondary N) is 1. The molecular formula is C18H17ClN4O4. The molecule has 0 aliphatic heterocycles. The minimum absolute atomic E-state index is 0.263. The normalized spacial score (nSPS) is 10.4. The van der Waals surface area contributed by atoms with Crippen LogP contribution in [0.1, 0.15) is 10.4 Å². The topological polar surface area (TPSA) is 87.5 Å². The predicted molar refractivity (Wildman–Crippen MR) is 100 cm³/mol. The Morgan fingerprint density at radius 1 is 1.07 bits per heavy atom. The number of methoxy groups -OCH3 is 3. The molecule has 0 saturated heterocycles. The number of anilines is 1. The molecule has 3 aromatic rings. The van der Waals surface area contributed by atoms with E-state index in [9.17, 15) is 4.79 Å². The second-order valence-corrected chi connectivity index (χ2v) is 5.77. The molecule has 0 aliphatic carbocycles. The van der Waals surface area contributed by atoms with Crippen molar-refractivity contribution in [3.8, 4) is 22.9 Å². The molecule has 2 aromatic carbocycles. The number of hydrogen-bond donors (Lipinski definition) is 1. The van der Waals surface area contributed by atoms with Crippen LogP contribution in [0.25, 0.3) is 5.69 Å². The zero-order valence-corrected chi connectivity index (χ0v) is 15.6. The van der Waals surface area contributed by atoms with Gasteiger partial charge in [-0.2, -0.15) is 5.10 Å². The van der Waals surface area contributed by atoms with Gasteiger partial charge in [-0.25, -0.2) is 9.67 Å². The molecule has 0 atom stereocenters. The molecule has 27 heavy (non-hydrogen) atoms. The lowest BCUT2D eigenvalue weighted by molar-refractivity contribution is 0.102. The van der Waals surface area contributed by atoms with E-state index >= 15 is 0 Å². The number of hydrogen-bond acceptors (Lipinski definition) is 6. The summed E-state index contributed by atoms with van der Waals surface area (Å²) in [6, 6.07) is 8.29. The van der Waals surface area contributed by atoms with Gasteiger partial charge in [0, 0.05) is 5.02 Å². The van der Waals surface area contributed by atoms with Crippen LogP contribution in [0.5, 0.6) is 17.2 Å². The van der Waals surface area contributed by atoms with E-state index in [-0.39, 0.29) is 11.3 Å². The summed E-state index contributed by atoms with van der Waals surface area (Å²) >= 11 is 6.10. The number of amides is 1. The fourth-order valence-electron chi connectivity index (χ4n) is 2.61. The molecule has 140 valence electrons. The Hall–Kier alpha value is -3.26. The first-order valence-corrected chi connectivity index (χ1v) is 8.21. The lowest BCUT2D eigenvalue weighted by Gasteiger charge is -2.16. The summed E-state index contributed by atoms with van der Waals surface area (Å²) in [5, 5.41) is 7.39. The first-order chi connectivity index (χ1) is 13.1. The summed E-state index contributed by atoms with van der Waals surface area (Å²) in [6.07, 6.45) is 2.92. The molecule has 0 saturated carbocycles. The van der Waals surface area contributed by atoms with Gasteiger partial charge in [-0.1, -0.05) is 11.6 Å². The zero-order valence-electron chi connectivity index (χ0n) is 14.9. The Balaban J connectivity index is 2.01. The Kier molecular flexibility index (Phi) is 5.46. The third-order valence-electron chi connectivity index (χ3n) is 3.82. The molecule has 0 aliphatic rings. The summed E-state index contributed by atoms with van der Waals surface area (Å²) in [5.74, 6) is 0.641. The first-order valence-electron chi connectivity index (χ1n) is 7.84. The maximum atomic E-state index is 12.9. The van der Waals surface area contributed by atoms with Crippen molar-refractivity contribution in [2.24, 2.45) is 0 Å². The lowest BCUT2D eigenvalue weighted by atomic mass is 10.1. The van der Waals surface area contributed by atoms with Gasteiger partial charge in [0.05, 0.1) is 38.3 Å². The van der Waals surface area contributed by atoms with Crippen LogP contribution >= 0.6 is 11.6 Å². The maximum Gasteiger partial charge on any atom is 0.259 e. The molecule has 9 heteroatoms. The van der Waals surface area contributed by atoms with Crippen molar-refractivity contribution in [1.82, 2.24) is 14.8 Å². The number of ether oxygens (including phenoxy) is 3. The van der Waals surface area contributed by atoms with Gasteiger partial charge in [0.1, 0.15) is 12.7 Å². The maximum absolute atomic E-state index is 12.9. The summed E-state index contributed by atoms with van der Waals surface area (Å²) < 4.78 is 17.5. The molecule has 0 bridgehead atoms. The van der Waals surface area contributed by atoms with Crippen molar-refractivity contribution in [2.45, 2.75) is 0 Å². The molecule has 1 N–H and O–H groups in total.